The van der Waals surface area contributed by atoms with Crippen molar-refractivity contribution >= 4 is 28.0 Å². The first kappa shape index (κ1) is 18.0. The topological polar surface area (TPSA) is 61.8 Å². The summed E-state index contributed by atoms with van der Waals surface area (Å²) in [5, 5.41) is 17.2. The molecule has 140 valence electrons. The molecular formula is C21H22N2O3S. The lowest BCUT2D eigenvalue weighted by Gasteiger charge is -2.34. The third-order valence-corrected chi connectivity index (χ3v) is 5.90. The van der Waals surface area contributed by atoms with Gasteiger partial charge in [-0.05, 0) is 34.4 Å². The molecule has 1 atom stereocenters. The van der Waals surface area contributed by atoms with Crippen molar-refractivity contribution in [3.05, 3.63) is 64.4 Å². The van der Waals surface area contributed by atoms with Crippen LogP contribution >= 0.6 is 11.3 Å². The third-order valence-electron chi connectivity index (χ3n) is 4.92. The molecule has 0 spiro atoms. The summed E-state index contributed by atoms with van der Waals surface area (Å²) in [5.74, 6) is -0.252. The van der Waals surface area contributed by atoms with E-state index >= 15 is 0 Å². The minimum Gasteiger partial charge on any atom is -0.507 e. The van der Waals surface area contributed by atoms with Gasteiger partial charge in [0.2, 0.25) is 0 Å². The van der Waals surface area contributed by atoms with Crippen LogP contribution in [0.5, 0.6) is 5.75 Å². The largest absolute Gasteiger partial charge is 0.507 e. The number of nitrogens with one attached hydrogen (secondary N) is 1. The molecule has 2 heterocycles. The van der Waals surface area contributed by atoms with Gasteiger partial charge in [-0.3, -0.25) is 9.69 Å². The average molecular weight is 382 g/mol. The van der Waals surface area contributed by atoms with Crippen LogP contribution in [0, 0.1) is 0 Å². The Bertz CT molecular complexity index is 920. The highest BCUT2D eigenvalue weighted by Crippen LogP contribution is 2.27. The summed E-state index contributed by atoms with van der Waals surface area (Å²) in [6, 6.07) is 15.3. The maximum Gasteiger partial charge on any atom is 0.255 e. The van der Waals surface area contributed by atoms with Gasteiger partial charge in [0.15, 0.2) is 0 Å². The standard InChI is InChI=1S/C21H22N2O3S/c24-19-13-16-5-2-1-4-15(16)12-17(19)21(25)22-14-18(20-6-3-11-27-20)23-7-9-26-10-8-23/h1-6,11-13,18,24H,7-10,14H2,(H,22,25). The number of amides is 1. The van der Waals surface area contributed by atoms with Crippen molar-refractivity contribution < 1.29 is 14.6 Å². The van der Waals surface area contributed by atoms with Gasteiger partial charge in [-0.25, -0.2) is 0 Å². The summed E-state index contributed by atoms with van der Waals surface area (Å²) in [6.45, 7) is 3.60. The highest BCUT2D eigenvalue weighted by Gasteiger charge is 2.24. The van der Waals surface area contributed by atoms with Gasteiger partial charge in [0, 0.05) is 24.5 Å². The van der Waals surface area contributed by atoms with Crippen LogP contribution in [0.1, 0.15) is 21.3 Å². The maximum absolute atomic E-state index is 12.8. The summed E-state index contributed by atoms with van der Waals surface area (Å²) in [7, 11) is 0. The number of aromatic hydroxyl groups is 1. The summed E-state index contributed by atoms with van der Waals surface area (Å²) >= 11 is 1.69. The second-order valence-electron chi connectivity index (χ2n) is 6.61. The SMILES string of the molecule is O=C(NCC(c1cccs1)N1CCOCC1)c1cc2ccccc2cc1O. The van der Waals surface area contributed by atoms with Crippen LogP contribution in [0.3, 0.4) is 0 Å². The number of nitrogens with zero attached hydrogens (tertiary/aromatic N) is 1. The zero-order valence-electron chi connectivity index (χ0n) is 14.9. The molecule has 0 radical (unpaired) electrons. The molecule has 1 amide bonds. The summed E-state index contributed by atoms with van der Waals surface area (Å²) < 4.78 is 5.46. The molecule has 27 heavy (non-hydrogen) atoms. The Balaban J connectivity index is 1.52. The van der Waals surface area contributed by atoms with E-state index in [-0.39, 0.29) is 17.7 Å². The number of thiophene rings is 1. The van der Waals surface area contributed by atoms with Crippen LogP contribution in [0.4, 0.5) is 0 Å². The number of rotatable bonds is 5. The van der Waals surface area contributed by atoms with Crippen molar-refractivity contribution in [2.45, 2.75) is 6.04 Å². The Morgan fingerprint density at radius 1 is 1.15 bits per heavy atom. The monoisotopic (exact) mass is 382 g/mol. The molecule has 1 aromatic heterocycles. The van der Waals surface area contributed by atoms with E-state index in [0.29, 0.717) is 25.3 Å². The zero-order chi connectivity index (χ0) is 18.6. The number of phenols is 1. The normalized spacial score (nSPS) is 16.3. The molecular weight excluding hydrogens is 360 g/mol. The van der Waals surface area contributed by atoms with Crippen LogP contribution in [-0.4, -0.2) is 48.8 Å². The fraction of sp³-hybridized carbons (Fsp3) is 0.286. The number of hydrogen-bond acceptors (Lipinski definition) is 5. The highest BCUT2D eigenvalue weighted by atomic mass is 32.1. The molecule has 0 saturated carbocycles. The third kappa shape index (κ3) is 3.98. The van der Waals surface area contributed by atoms with Gasteiger partial charge in [0.05, 0.1) is 24.8 Å². The van der Waals surface area contributed by atoms with Crippen molar-refractivity contribution in [2.24, 2.45) is 0 Å². The molecule has 2 N–H and O–H groups in total. The first-order valence-electron chi connectivity index (χ1n) is 9.07. The number of carbonyl (C=O) groups excluding carboxylic acids is 1. The Morgan fingerprint density at radius 2 is 1.89 bits per heavy atom. The van der Waals surface area contributed by atoms with E-state index in [1.807, 2.05) is 30.3 Å². The number of carbonyl (C=O) groups is 1. The van der Waals surface area contributed by atoms with E-state index in [1.165, 1.54) is 4.88 Å². The average Bonchev–Trinajstić information content (AvgIpc) is 3.23. The van der Waals surface area contributed by atoms with Gasteiger partial charge in [-0.15, -0.1) is 11.3 Å². The molecule has 5 nitrogen and oxygen atoms in total. The number of hydrogen-bond donors (Lipinski definition) is 2. The van der Waals surface area contributed by atoms with E-state index in [4.69, 9.17) is 4.74 Å². The lowest BCUT2D eigenvalue weighted by molar-refractivity contribution is 0.0169. The first-order valence-corrected chi connectivity index (χ1v) is 9.95. The number of phenolic OH excluding ortho intramolecular Hbond substituents is 1. The van der Waals surface area contributed by atoms with Crippen molar-refractivity contribution in [3.63, 3.8) is 0 Å². The van der Waals surface area contributed by atoms with E-state index in [9.17, 15) is 9.90 Å². The Morgan fingerprint density at radius 3 is 2.59 bits per heavy atom. The summed E-state index contributed by atoms with van der Waals surface area (Å²) in [5.41, 5.74) is 0.306. The predicted molar refractivity (Wildman–Crippen MR) is 107 cm³/mol. The quantitative estimate of drug-likeness (QED) is 0.710. The fourth-order valence-corrected chi connectivity index (χ4v) is 4.34. The minimum atomic E-state index is -0.256. The van der Waals surface area contributed by atoms with Gasteiger partial charge in [0.1, 0.15) is 5.75 Å². The molecule has 1 fully saturated rings. The molecule has 0 bridgehead atoms. The molecule has 0 aliphatic carbocycles. The van der Waals surface area contributed by atoms with Crippen LogP contribution in [-0.2, 0) is 4.74 Å². The Kier molecular flexibility index (Phi) is 5.38. The molecule has 1 saturated heterocycles. The van der Waals surface area contributed by atoms with Crippen LogP contribution < -0.4 is 5.32 Å². The number of fused-ring (bicyclic) bond motifs is 1. The maximum atomic E-state index is 12.8. The van der Waals surface area contributed by atoms with Gasteiger partial charge in [-0.2, -0.15) is 0 Å². The molecule has 1 aliphatic rings. The van der Waals surface area contributed by atoms with Gasteiger partial charge < -0.3 is 15.2 Å². The molecule has 1 aliphatic heterocycles. The van der Waals surface area contributed by atoms with Gasteiger partial charge in [-0.1, -0.05) is 30.3 Å². The van der Waals surface area contributed by atoms with E-state index < -0.39 is 0 Å². The molecule has 4 rings (SSSR count). The highest BCUT2D eigenvalue weighted by molar-refractivity contribution is 7.10. The molecule has 6 heteroatoms. The number of benzene rings is 2. The van der Waals surface area contributed by atoms with Crippen LogP contribution in [0.15, 0.2) is 53.9 Å². The number of morpholine rings is 1. The smallest absolute Gasteiger partial charge is 0.255 e. The second-order valence-corrected chi connectivity index (χ2v) is 7.59. The molecule has 2 aromatic carbocycles. The molecule has 3 aromatic rings. The van der Waals surface area contributed by atoms with Crippen molar-refractivity contribution in [3.8, 4) is 5.75 Å². The van der Waals surface area contributed by atoms with Crippen LogP contribution in [0.25, 0.3) is 10.8 Å². The fourth-order valence-electron chi connectivity index (χ4n) is 3.47. The Hall–Kier alpha value is -2.41. The lowest BCUT2D eigenvalue weighted by Crippen LogP contribution is -2.43. The van der Waals surface area contributed by atoms with Crippen molar-refractivity contribution in [1.82, 2.24) is 10.2 Å². The van der Waals surface area contributed by atoms with Gasteiger partial charge in [0.25, 0.3) is 5.91 Å². The zero-order valence-corrected chi connectivity index (χ0v) is 15.7. The van der Waals surface area contributed by atoms with E-state index in [0.717, 1.165) is 23.9 Å². The predicted octanol–water partition coefficient (Wildman–Crippen LogP) is 3.41. The summed E-state index contributed by atoms with van der Waals surface area (Å²) in [6.07, 6.45) is 0. The van der Waals surface area contributed by atoms with Crippen molar-refractivity contribution in [1.29, 1.82) is 0 Å². The second kappa shape index (κ2) is 8.08. The lowest BCUT2D eigenvalue weighted by atomic mass is 10.1. The van der Waals surface area contributed by atoms with E-state index in [2.05, 4.69) is 21.7 Å². The van der Waals surface area contributed by atoms with Gasteiger partial charge >= 0.3 is 0 Å². The van der Waals surface area contributed by atoms with Crippen molar-refractivity contribution in [2.75, 3.05) is 32.8 Å². The van der Waals surface area contributed by atoms with E-state index in [1.54, 1.807) is 23.5 Å². The summed E-state index contributed by atoms with van der Waals surface area (Å²) in [4.78, 5) is 16.3. The molecule has 1 unspecified atom stereocenters. The van der Waals surface area contributed by atoms with Crippen LogP contribution in [0.2, 0.25) is 0 Å². The number of ether oxygens (including phenoxy) is 1. The first-order chi connectivity index (χ1) is 13.2. The Labute approximate surface area is 162 Å². The minimum absolute atomic E-state index is 0.00486.